The summed E-state index contributed by atoms with van der Waals surface area (Å²) in [6.07, 6.45) is 0.751. The number of urea groups is 1. The molecule has 0 aromatic heterocycles. The number of carbonyl (C=O) groups is 1. The third-order valence-corrected chi connectivity index (χ3v) is 4.36. The van der Waals surface area contributed by atoms with Crippen LogP contribution >= 0.6 is 0 Å². The van der Waals surface area contributed by atoms with E-state index >= 15 is 0 Å². The average molecular weight is 354 g/mol. The summed E-state index contributed by atoms with van der Waals surface area (Å²) in [5.74, 6) is 0.859. The number of hydrogen-bond donors (Lipinski definition) is 2. The fourth-order valence-corrected chi connectivity index (χ4v) is 2.51. The molecule has 4 nitrogen and oxygen atoms in total. The van der Waals surface area contributed by atoms with Crippen molar-refractivity contribution in [1.82, 2.24) is 5.32 Å². The minimum absolute atomic E-state index is 0.145. The second-order valence-corrected chi connectivity index (χ2v) is 7.66. The van der Waals surface area contributed by atoms with Gasteiger partial charge in [-0.15, -0.1) is 0 Å². The maximum Gasteiger partial charge on any atom is 0.319 e. The molecule has 2 amide bonds. The predicted octanol–water partition coefficient (Wildman–Crippen LogP) is 5.19. The highest BCUT2D eigenvalue weighted by molar-refractivity contribution is 5.89. The number of amides is 2. The van der Waals surface area contributed by atoms with Gasteiger partial charge in [-0.2, -0.15) is 0 Å². The van der Waals surface area contributed by atoms with Gasteiger partial charge in [0.15, 0.2) is 0 Å². The van der Waals surface area contributed by atoms with E-state index in [-0.39, 0.29) is 11.4 Å². The summed E-state index contributed by atoms with van der Waals surface area (Å²) in [5, 5.41) is 5.70. The number of aryl methyl sites for hydroxylation is 2. The van der Waals surface area contributed by atoms with Crippen LogP contribution in [-0.2, 0) is 5.41 Å². The first-order chi connectivity index (χ1) is 12.3. The number of rotatable bonds is 6. The molecule has 0 unspecified atom stereocenters. The van der Waals surface area contributed by atoms with Crippen LogP contribution in [0.15, 0.2) is 42.5 Å². The third-order valence-electron chi connectivity index (χ3n) is 4.36. The molecule has 0 saturated carbocycles. The van der Waals surface area contributed by atoms with Crippen LogP contribution in [0.5, 0.6) is 5.75 Å². The SMILES string of the molecule is Cc1ccc(NC(=O)NCCCOc2ccc(C(C)(C)C)cc2)cc1C. The Kier molecular flexibility index (Phi) is 6.67. The number of carbonyl (C=O) groups excluding carboxylic acids is 1. The monoisotopic (exact) mass is 354 g/mol. The zero-order valence-electron chi connectivity index (χ0n) is 16.5. The Balaban J connectivity index is 1.67. The molecule has 2 rings (SSSR count). The van der Waals surface area contributed by atoms with E-state index in [0.29, 0.717) is 13.2 Å². The van der Waals surface area contributed by atoms with Crippen molar-refractivity contribution >= 4 is 11.7 Å². The Hall–Kier alpha value is -2.49. The topological polar surface area (TPSA) is 50.4 Å². The zero-order chi connectivity index (χ0) is 19.2. The number of hydrogen-bond acceptors (Lipinski definition) is 2. The minimum atomic E-state index is -0.192. The smallest absolute Gasteiger partial charge is 0.319 e. The van der Waals surface area contributed by atoms with Gasteiger partial charge in [-0.1, -0.05) is 39.0 Å². The highest BCUT2D eigenvalue weighted by atomic mass is 16.5. The van der Waals surface area contributed by atoms with E-state index in [1.165, 1.54) is 11.1 Å². The van der Waals surface area contributed by atoms with Gasteiger partial charge >= 0.3 is 6.03 Å². The molecule has 0 heterocycles. The molecule has 4 heteroatoms. The van der Waals surface area contributed by atoms with E-state index in [4.69, 9.17) is 4.74 Å². The van der Waals surface area contributed by atoms with Crippen molar-refractivity contribution in [3.63, 3.8) is 0 Å². The minimum Gasteiger partial charge on any atom is -0.494 e. The van der Waals surface area contributed by atoms with E-state index < -0.39 is 0 Å². The average Bonchev–Trinajstić information content (AvgIpc) is 2.57. The highest BCUT2D eigenvalue weighted by Crippen LogP contribution is 2.24. The van der Waals surface area contributed by atoms with E-state index in [9.17, 15) is 4.79 Å². The van der Waals surface area contributed by atoms with Crippen LogP contribution in [0.3, 0.4) is 0 Å². The van der Waals surface area contributed by atoms with Gasteiger partial charge in [-0.05, 0) is 66.6 Å². The van der Waals surface area contributed by atoms with Crippen molar-refractivity contribution in [3.8, 4) is 5.75 Å². The predicted molar refractivity (Wildman–Crippen MR) is 108 cm³/mol. The Morgan fingerprint density at radius 3 is 2.31 bits per heavy atom. The Morgan fingerprint density at radius 1 is 1.00 bits per heavy atom. The summed E-state index contributed by atoms with van der Waals surface area (Å²) in [7, 11) is 0. The molecule has 0 fully saturated rings. The Morgan fingerprint density at radius 2 is 1.69 bits per heavy atom. The van der Waals surface area contributed by atoms with Crippen LogP contribution in [0.1, 0.15) is 43.9 Å². The fourth-order valence-electron chi connectivity index (χ4n) is 2.51. The molecular formula is C22H30N2O2. The summed E-state index contributed by atoms with van der Waals surface area (Å²) >= 11 is 0. The van der Waals surface area contributed by atoms with Crippen LogP contribution in [-0.4, -0.2) is 19.2 Å². The lowest BCUT2D eigenvalue weighted by Gasteiger charge is -2.19. The van der Waals surface area contributed by atoms with Gasteiger partial charge in [0.1, 0.15) is 5.75 Å². The molecule has 0 saturated heterocycles. The molecule has 140 valence electrons. The van der Waals surface area contributed by atoms with Crippen LogP contribution in [0.4, 0.5) is 10.5 Å². The molecule has 0 aliphatic rings. The molecule has 26 heavy (non-hydrogen) atoms. The van der Waals surface area contributed by atoms with Gasteiger partial charge in [-0.3, -0.25) is 0 Å². The first-order valence-corrected chi connectivity index (χ1v) is 9.11. The molecule has 2 aromatic rings. The standard InChI is InChI=1S/C22H30N2O2/c1-16-7-10-19(15-17(16)2)24-21(25)23-13-6-14-26-20-11-8-18(9-12-20)22(3,4)5/h7-12,15H,6,13-14H2,1-5H3,(H2,23,24,25). The summed E-state index contributed by atoms with van der Waals surface area (Å²) < 4.78 is 5.73. The number of ether oxygens (including phenoxy) is 1. The Labute approximate surface area is 157 Å². The molecule has 0 aliphatic heterocycles. The van der Waals surface area contributed by atoms with E-state index in [1.54, 1.807) is 0 Å². The van der Waals surface area contributed by atoms with Crippen molar-refractivity contribution in [1.29, 1.82) is 0 Å². The third kappa shape index (κ3) is 6.10. The maximum absolute atomic E-state index is 11.9. The van der Waals surface area contributed by atoms with E-state index in [0.717, 1.165) is 23.4 Å². The molecule has 0 bridgehead atoms. The van der Waals surface area contributed by atoms with Crippen molar-refractivity contribution in [2.24, 2.45) is 0 Å². The van der Waals surface area contributed by atoms with E-state index in [2.05, 4.69) is 50.5 Å². The molecule has 0 spiro atoms. The lowest BCUT2D eigenvalue weighted by Crippen LogP contribution is -2.30. The summed E-state index contributed by atoms with van der Waals surface area (Å²) in [4.78, 5) is 11.9. The molecule has 0 atom stereocenters. The van der Waals surface area contributed by atoms with Crippen LogP contribution in [0.25, 0.3) is 0 Å². The highest BCUT2D eigenvalue weighted by Gasteiger charge is 2.12. The van der Waals surface area contributed by atoms with Crippen molar-refractivity contribution in [2.45, 2.75) is 46.5 Å². The second-order valence-electron chi connectivity index (χ2n) is 7.66. The maximum atomic E-state index is 11.9. The first-order valence-electron chi connectivity index (χ1n) is 9.11. The van der Waals surface area contributed by atoms with Gasteiger partial charge in [0.2, 0.25) is 0 Å². The van der Waals surface area contributed by atoms with Crippen molar-refractivity contribution < 1.29 is 9.53 Å². The number of anilines is 1. The lowest BCUT2D eigenvalue weighted by atomic mass is 9.87. The van der Waals surface area contributed by atoms with Gasteiger partial charge in [0.25, 0.3) is 0 Å². The van der Waals surface area contributed by atoms with Crippen LogP contribution < -0.4 is 15.4 Å². The zero-order valence-corrected chi connectivity index (χ0v) is 16.5. The largest absolute Gasteiger partial charge is 0.494 e. The Bertz CT molecular complexity index is 731. The van der Waals surface area contributed by atoms with Crippen LogP contribution in [0.2, 0.25) is 0 Å². The molecule has 0 radical (unpaired) electrons. The molecule has 2 N–H and O–H groups in total. The number of nitrogens with one attached hydrogen (secondary N) is 2. The van der Waals surface area contributed by atoms with E-state index in [1.807, 2.05) is 37.3 Å². The molecular weight excluding hydrogens is 324 g/mol. The fraction of sp³-hybridized carbons (Fsp3) is 0.409. The second kappa shape index (κ2) is 8.75. The van der Waals surface area contributed by atoms with Gasteiger partial charge in [0.05, 0.1) is 6.61 Å². The normalized spacial score (nSPS) is 11.1. The van der Waals surface area contributed by atoms with Gasteiger partial charge < -0.3 is 15.4 Å². The van der Waals surface area contributed by atoms with Crippen molar-refractivity contribution in [3.05, 3.63) is 59.2 Å². The first kappa shape index (κ1) is 19.8. The number of benzene rings is 2. The summed E-state index contributed by atoms with van der Waals surface area (Å²) in [5.41, 5.74) is 4.61. The van der Waals surface area contributed by atoms with Gasteiger partial charge in [-0.25, -0.2) is 4.79 Å². The van der Waals surface area contributed by atoms with Crippen molar-refractivity contribution in [2.75, 3.05) is 18.5 Å². The molecule has 2 aromatic carbocycles. The summed E-state index contributed by atoms with van der Waals surface area (Å²) in [6, 6.07) is 13.9. The quantitative estimate of drug-likeness (QED) is 0.701. The van der Waals surface area contributed by atoms with Crippen LogP contribution in [0, 0.1) is 13.8 Å². The summed E-state index contributed by atoms with van der Waals surface area (Å²) in [6.45, 7) is 11.8. The lowest BCUT2D eigenvalue weighted by molar-refractivity contribution is 0.250. The molecule has 0 aliphatic carbocycles. The van der Waals surface area contributed by atoms with Gasteiger partial charge in [0, 0.05) is 12.2 Å².